The average molecular weight is 307 g/mol. The zero-order valence-electron chi connectivity index (χ0n) is 14.4. The van der Waals surface area contributed by atoms with E-state index in [-0.39, 0.29) is 10.8 Å². The molecule has 1 saturated heterocycles. The summed E-state index contributed by atoms with van der Waals surface area (Å²) in [6, 6.07) is 4.51. The molecular weight excluding hydrogens is 276 g/mol. The van der Waals surface area contributed by atoms with Gasteiger partial charge in [-0.15, -0.1) is 0 Å². The van der Waals surface area contributed by atoms with Gasteiger partial charge in [0.15, 0.2) is 0 Å². The Kier molecular flexibility index (Phi) is 4.68. The molecule has 21 heavy (non-hydrogen) atoms. The highest BCUT2D eigenvalue weighted by molar-refractivity contribution is 8.06. The van der Waals surface area contributed by atoms with Crippen molar-refractivity contribution in [2.45, 2.75) is 76.9 Å². The highest BCUT2D eigenvalue weighted by atomic mass is 32.2. The first-order valence-corrected chi connectivity index (χ1v) is 9.24. The first kappa shape index (κ1) is 16.7. The van der Waals surface area contributed by atoms with Crippen molar-refractivity contribution in [3.63, 3.8) is 0 Å². The van der Waals surface area contributed by atoms with Crippen molar-refractivity contribution in [2.75, 3.05) is 5.75 Å². The van der Waals surface area contributed by atoms with Crippen molar-refractivity contribution >= 4 is 11.8 Å². The highest BCUT2D eigenvalue weighted by Crippen LogP contribution is 2.43. The number of benzene rings is 1. The van der Waals surface area contributed by atoms with Crippen LogP contribution in [0.3, 0.4) is 0 Å². The predicted octanol–water partition coefficient (Wildman–Crippen LogP) is 5.43. The maximum Gasteiger partial charge on any atom is 0.123 e. The Morgan fingerprint density at radius 1 is 1.05 bits per heavy atom. The molecule has 0 amide bonds. The summed E-state index contributed by atoms with van der Waals surface area (Å²) in [6.07, 6.45) is 3.22. The molecule has 118 valence electrons. The van der Waals surface area contributed by atoms with E-state index in [0.29, 0.717) is 5.75 Å². The molecule has 0 saturated carbocycles. The van der Waals surface area contributed by atoms with Crippen LogP contribution in [0.15, 0.2) is 12.1 Å². The van der Waals surface area contributed by atoms with Gasteiger partial charge in [0, 0.05) is 22.1 Å². The van der Waals surface area contributed by atoms with Gasteiger partial charge in [-0.3, -0.25) is 0 Å². The molecule has 0 radical (unpaired) electrons. The quantitative estimate of drug-likeness (QED) is 0.708. The van der Waals surface area contributed by atoms with E-state index in [2.05, 4.69) is 53.7 Å². The van der Waals surface area contributed by atoms with Crippen molar-refractivity contribution in [2.24, 2.45) is 0 Å². The molecular formula is C19H30OS. The molecule has 1 aromatic carbocycles. The van der Waals surface area contributed by atoms with Gasteiger partial charge in [0.2, 0.25) is 0 Å². The Bertz CT molecular complexity index is 475. The van der Waals surface area contributed by atoms with Gasteiger partial charge in [-0.05, 0) is 35.7 Å². The van der Waals surface area contributed by atoms with Crippen LogP contribution in [0.5, 0.6) is 5.75 Å². The third-order valence-electron chi connectivity index (χ3n) is 5.26. The van der Waals surface area contributed by atoms with Crippen LogP contribution in [0.2, 0.25) is 0 Å². The standard InChI is InChI=1S/C19H30OS/c1-7-18(3,4)15-10-13(9-14-12-21-14)11-16(17(15)20)19(5,6)8-2/h10-11,14,20H,7-9,12H2,1-6H3. The van der Waals surface area contributed by atoms with Crippen LogP contribution in [0, 0.1) is 0 Å². The molecule has 2 rings (SSSR count). The molecule has 1 aliphatic rings. The molecule has 1 heterocycles. The fourth-order valence-electron chi connectivity index (χ4n) is 2.67. The zero-order valence-corrected chi connectivity index (χ0v) is 15.2. The molecule has 0 aromatic heterocycles. The van der Waals surface area contributed by atoms with Crippen LogP contribution in [-0.4, -0.2) is 16.1 Å². The van der Waals surface area contributed by atoms with E-state index in [4.69, 9.17) is 0 Å². The summed E-state index contributed by atoms with van der Waals surface area (Å²) in [5.74, 6) is 1.82. The fraction of sp³-hybridized carbons (Fsp3) is 0.684. The van der Waals surface area contributed by atoms with Gasteiger partial charge in [0.25, 0.3) is 0 Å². The van der Waals surface area contributed by atoms with Crippen LogP contribution in [0.1, 0.15) is 71.1 Å². The normalized spacial score (nSPS) is 18.9. The topological polar surface area (TPSA) is 20.2 Å². The van der Waals surface area contributed by atoms with Crippen molar-refractivity contribution in [1.82, 2.24) is 0 Å². The second-order valence-corrected chi connectivity index (χ2v) is 9.01. The fourth-order valence-corrected chi connectivity index (χ4v) is 3.24. The third-order valence-corrected chi connectivity index (χ3v) is 6.23. The van der Waals surface area contributed by atoms with Gasteiger partial charge in [-0.2, -0.15) is 11.8 Å². The maximum atomic E-state index is 10.9. The number of phenolic OH excluding ortho intramolecular Hbond substituents is 1. The van der Waals surface area contributed by atoms with Gasteiger partial charge in [-0.1, -0.05) is 53.7 Å². The number of aromatic hydroxyl groups is 1. The summed E-state index contributed by atoms with van der Waals surface area (Å²) in [4.78, 5) is 0. The lowest BCUT2D eigenvalue weighted by Gasteiger charge is -2.31. The number of hydrogen-bond donors (Lipinski definition) is 1. The van der Waals surface area contributed by atoms with Crippen LogP contribution < -0.4 is 0 Å². The smallest absolute Gasteiger partial charge is 0.123 e. The lowest BCUT2D eigenvalue weighted by atomic mass is 9.74. The SMILES string of the molecule is CCC(C)(C)c1cc(CC2CS2)cc(C(C)(C)CC)c1O. The van der Waals surface area contributed by atoms with E-state index >= 15 is 0 Å². The van der Waals surface area contributed by atoms with Gasteiger partial charge >= 0.3 is 0 Å². The first-order chi connectivity index (χ1) is 9.71. The van der Waals surface area contributed by atoms with Crippen molar-refractivity contribution in [1.29, 1.82) is 0 Å². The molecule has 0 bridgehead atoms. The molecule has 1 fully saturated rings. The molecule has 0 spiro atoms. The number of thioether (sulfide) groups is 1. The molecule has 1 nitrogen and oxygen atoms in total. The number of rotatable bonds is 6. The van der Waals surface area contributed by atoms with Crippen molar-refractivity contribution < 1.29 is 5.11 Å². The summed E-state index contributed by atoms with van der Waals surface area (Å²) in [5.41, 5.74) is 3.70. The van der Waals surface area contributed by atoms with Crippen LogP contribution in [-0.2, 0) is 17.3 Å². The Labute approximate surface area is 134 Å². The zero-order chi connectivity index (χ0) is 15.8. The first-order valence-electron chi connectivity index (χ1n) is 8.19. The largest absolute Gasteiger partial charge is 0.507 e. The van der Waals surface area contributed by atoms with E-state index in [1.165, 1.54) is 11.3 Å². The summed E-state index contributed by atoms with van der Waals surface area (Å²) >= 11 is 2.04. The van der Waals surface area contributed by atoms with E-state index < -0.39 is 0 Å². The summed E-state index contributed by atoms with van der Waals surface area (Å²) < 4.78 is 0. The minimum Gasteiger partial charge on any atom is -0.507 e. The molecule has 1 aromatic rings. The molecule has 1 atom stereocenters. The lowest BCUT2D eigenvalue weighted by Crippen LogP contribution is -2.21. The van der Waals surface area contributed by atoms with Crippen molar-refractivity contribution in [3.8, 4) is 5.75 Å². The Hall–Kier alpha value is -0.630. The van der Waals surface area contributed by atoms with E-state index in [1.807, 2.05) is 11.8 Å². The van der Waals surface area contributed by atoms with E-state index in [0.717, 1.165) is 35.6 Å². The third kappa shape index (κ3) is 3.59. The van der Waals surface area contributed by atoms with Crippen LogP contribution >= 0.6 is 11.8 Å². The van der Waals surface area contributed by atoms with E-state index in [1.54, 1.807) is 0 Å². The predicted molar refractivity (Wildman–Crippen MR) is 94.7 cm³/mol. The molecule has 1 aliphatic heterocycles. The van der Waals surface area contributed by atoms with Crippen LogP contribution in [0.25, 0.3) is 0 Å². The second-order valence-electron chi connectivity index (χ2n) is 7.67. The van der Waals surface area contributed by atoms with Crippen LogP contribution in [0.4, 0.5) is 0 Å². The summed E-state index contributed by atoms with van der Waals surface area (Å²) in [7, 11) is 0. The molecule has 0 aliphatic carbocycles. The minimum absolute atomic E-state index is 0.0232. The summed E-state index contributed by atoms with van der Waals surface area (Å²) in [6.45, 7) is 13.3. The Balaban J connectivity index is 2.55. The number of hydrogen-bond acceptors (Lipinski definition) is 2. The lowest BCUT2D eigenvalue weighted by molar-refractivity contribution is 0.399. The number of phenols is 1. The maximum absolute atomic E-state index is 10.9. The summed E-state index contributed by atoms with van der Waals surface area (Å²) in [5, 5.41) is 11.7. The Morgan fingerprint density at radius 2 is 1.48 bits per heavy atom. The minimum atomic E-state index is 0.0232. The van der Waals surface area contributed by atoms with Gasteiger partial charge < -0.3 is 5.11 Å². The highest BCUT2D eigenvalue weighted by Gasteiger charge is 2.31. The molecule has 1 unspecified atom stereocenters. The second kappa shape index (κ2) is 5.87. The Morgan fingerprint density at radius 3 is 1.81 bits per heavy atom. The van der Waals surface area contributed by atoms with Gasteiger partial charge in [0.1, 0.15) is 5.75 Å². The van der Waals surface area contributed by atoms with Gasteiger partial charge in [0.05, 0.1) is 0 Å². The molecule has 1 N–H and O–H groups in total. The average Bonchev–Trinajstić information content (AvgIpc) is 3.24. The molecule has 2 heteroatoms. The monoisotopic (exact) mass is 306 g/mol. The van der Waals surface area contributed by atoms with Gasteiger partial charge in [-0.25, -0.2) is 0 Å². The van der Waals surface area contributed by atoms with E-state index in [9.17, 15) is 5.11 Å². The van der Waals surface area contributed by atoms with Crippen molar-refractivity contribution in [3.05, 3.63) is 28.8 Å².